The first-order chi connectivity index (χ1) is 10.1. The Morgan fingerprint density at radius 2 is 1.86 bits per heavy atom. The molecule has 2 N–H and O–H groups in total. The first kappa shape index (κ1) is 14.7. The van der Waals surface area contributed by atoms with E-state index in [0.717, 1.165) is 15.7 Å². The fourth-order valence-electron chi connectivity index (χ4n) is 2.42. The minimum atomic E-state index is -0.0174. The summed E-state index contributed by atoms with van der Waals surface area (Å²) in [6, 6.07) is 13.3. The number of anilines is 1. The molecule has 1 aliphatic rings. The standard InChI is InChI=1S/C15H12BrCl2N3/c16-9-1-6-13(18)12(7-9)14-8-20-15(19)21(14)11-4-2-10(17)3-5-11/h1-7,14H,8H2,(H2,19,20). The molecule has 0 saturated carbocycles. The van der Waals surface area contributed by atoms with Gasteiger partial charge in [0.1, 0.15) is 0 Å². The number of guanidine groups is 1. The summed E-state index contributed by atoms with van der Waals surface area (Å²) in [5, 5.41) is 1.39. The quantitative estimate of drug-likeness (QED) is 0.819. The highest BCUT2D eigenvalue weighted by atomic mass is 79.9. The van der Waals surface area contributed by atoms with Crippen LogP contribution in [0.4, 0.5) is 5.69 Å². The van der Waals surface area contributed by atoms with Gasteiger partial charge in [0, 0.05) is 20.2 Å². The molecular formula is C15H12BrCl2N3. The van der Waals surface area contributed by atoms with Gasteiger partial charge < -0.3 is 10.6 Å². The van der Waals surface area contributed by atoms with E-state index in [0.29, 0.717) is 22.5 Å². The first-order valence-electron chi connectivity index (χ1n) is 6.36. The van der Waals surface area contributed by atoms with E-state index < -0.39 is 0 Å². The van der Waals surface area contributed by atoms with Crippen LogP contribution in [0.25, 0.3) is 0 Å². The van der Waals surface area contributed by atoms with E-state index in [1.807, 2.05) is 47.4 Å². The molecule has 0 aliphatic carbocycles. The third-order valence-electron chi connectivity index (χ3n) is 3.41. The Morgan fingerprint density at radius 1 is 1.14 bits per heavy atom. The number of nitrogens with two attached hydrogens (primary N) is 1. The number of nitrogens with zero attached hydrogens (tertiary/aromatic N) is 2. The molecule has 2 aromatic rings. The van der Waals surface area contributed by atoms with Crippen LogP contribution in [-0.2, 0) is 0 Å². The van der Waals surface area contributed by atoms with Gasteiger partial charge in [-0.2, -0.15) is 0 Å². The van der Waals surface area contributed by atoms with Crippen LogP contribution in [0.1, 0.15) is 11.6 Å². The number of aliphatic imine (C=N–C) groups is 1. The number of hydrogen-bond acceptors (Lipinski definition) is 3. The summed E-state index contributed by atoms with van der Waals surface area (Å²) in [5.74, 6) is 0.485. The van der Waals surface area contributed by atoms with Gasteiger partial charge in [-0.05, 0) is 48.0 Å². The number of halogens is 3. The second kappa shape index (κ2) is 5.87. The van der Waals surface area contributed by atoms with Crippen LogP contribution in [0, 0.1) is 0 Å². The van der Waals surface area contributed by atoms with Gasteiger partial charge in [-0.25, -0.2) is 0 Å². The molecule has 0 radical (unpaired) electrons. The number of rotatable bonds is 2. The van der Waals surface area contributed by atoms with E-state index >= 15 is 0 Å². The molecule has 108 valence electrons. The second-order valence-electron chi connectivity index (χ2n) is 4.73. The summed E-state index contributed by atoms with van der Waals surface area (Å²) >= 11 is 15.8. The Morgan fingerprint density at radius 3 is 2.57 bits per heavy atom. The smallest absolute Gasteiger partial charge is 0.196 e. The number of hydrogen-bond donors (Lipinski definition) is 1. The minimum absolute atomic E-state index is 0.0174. The maximum absolute atomic E-state index is 6.34. The van der Waals surface area contributed by atoms with Gasteiger partial charge in [-0.1, -0.05) is 39.1 Å². The van der Waals surface area contributed by atoms with Gasteiger partial charge in [-0.15, -0.1) is 0 Å². The Labute approximate surface area is 141 Å². The van der Waals surface area contributed by atoms with Crippen molar-refractivity contribution in [2.24, 2.45) is 10.7 Å². The van der Waals surface area contributed by atoms with E-state index in [2.05, 4.69) is 20.9 Å². The van der Waals surface area contributed by atoms with Gasteiger partial charge in [0.2, 0.25) is 0 Å². The Hall–Kier alpha value is -1.23. The summed E-state index contributed by atoms with van der Waals surface area (Å²) in [6.07, 6.45) is 0. The van der Waals surface area contributed by atoms with Crippen LogP contribution in [0.15, 0.2) is 51.9 Å². The van der Waals surface area contributed by atoms with E-state index in [-0.39, 0.29) is 6.04 Å². The molecule has 0 aromatic heterocycles. The van der Waals surface area contributed by atoms with Crippen LogP contribution in [-0.4, -0.2) is 12.5 Å². The fraction of sp³-hybridized carbons (Fsp3) is 0.133. The van der Waals surface area contributed by atoms with Gasteiger partial charge in [0.25, 0.3) is 0 Å². The molecule has 6 heteroatoms. The largest absolute Gasteiger partial charge is 0.369 e. The molecule has 2 aromatic carbocycles. The average molecular weight is 385 g/mol. The summed E-state index contributed by atoms with van der Waals surface area (Å²) < 4.78 is 0.975. The minimum Gasteiger partial charge on any atom is -0.369 e. The maximum Gasteiger partial charge on any atom is 0.196 e. The highest BCUT2D eigenvalue weighted by Crippen LogP contribution is 2.36. The Bertz CT molecular complexity index is 701. The zero-order valence-electron chi connectivity index (χ0n) is 10.9. The molecule has 1 unspecified atom stereocenters. The lowest BCUT2D eigenvalue weighted by Gasteiger charge is -2.27. The SMILES string of the molecule is NC1=NCC(c2cc(Br)ccc2Cl)N1c1ccc(Cl)cc1. The maximum atomic E-state index is 6.34. The highest BCUT2D eigenvalue weighted by molar-refractivity contribution is 9.10. The monoisotopic (exact) mass is 383 g/mol. The van der Waals surface area contributed by atoms with Crippen molar-refractivity contribution >= 4 is 50.8 Å². The second-order valence-corrected chi connectivity index (χ2v) is 6.49. The van der Waals surface area contributed by atoms with E-state index in [1.165, 1.54) is 0 Å². The normalized spacial score (nSPS) is 18.0. The lowest BCUT2D eigenvalue weighted by molar-refractivity contribution is 0.768. The molecule has 1 aliphatic heterocycles. The zero-order valence-corrected chi connectivity index (χ0v) is 14.0. The molecule has 3 nitrogen and oxygen atoms in total. The average Bonchev–Trinajstić information content (AvgIpc) is 2.84. The topological polar surface area (TPSA) is 41.6 Å². The zero-order chi connectivity index (χ0) is 15.0. The molecule has 0 bridgehead atoms. The third-order valence-corrected chi connectivity index (χ3v) is 4.50. The van der Waals surface area contributed by atoms with Crippen molar-refractivity contribution in [2.75, 3.05) is 11.4 Å². The molecule has 0 spiro atoms. The van der Waals surface area contributed by atoms with Crippen molar-refractivity contribution in [3.63, 3.8) is 0 Å². The van der Waals surface area contributed by atoms with Crippen molar-refractivity contribution in [2.45, 2.75) is 6.04 Å². The summed E-state index contributed by atoms with van der Waals surface area (Å²) in [4.78, 5) is 6.33. The lowest BCUT2D eigenvalue weighted by Crippen LogP contribution is -2.36. The first-order valence-corrected chi connectivity index (χ1v) is 7.91. The lowest BCUT2D eigenvalue weighted by atomic mass is 10.1. The molecule has 1 atom stereocenters. The van der Waals surface area contributed by atoms with Crippen molar-refractivity contribution in [3.8, 4) is 0 Å². The predicted molar refractivity (Wildman–Crippen MR) is 92.3 cm³/mol. The van der Waals surface area contributed by atoms with Crippen LogP contribution < -0.4 is 10.6 Å². The van der Waals surface area contributed by atoms with Crippen LogP contribution in [0.3, 0.4) is 0 Å². The van der Waals surface area contributed by atoms with E-state index in [9.17, 15) is 0 Å². The molecular weight excluding hydrogens is 373 g/mol. The van der Waals surface area contributed by atoms with Crippen molar-refractivity contribution in [3.05, 3.63) is 62.5 Å². The third kappa shape index (κ3) is 2.89. The molecule has 1 heterocycles. The molecule has 3 rings (SSSR count). The fourth-order valence-corrected chi connectivity index (χ4v) is 3.17. The predicted octanol–water partition coefficient (Wildman–Crippen LogP) is 4.63. The Kier molecular flexibility index (Phi) is 4.11. The molecule has 0 saturated heterocycles. The summed E-state index contributed by atoms with van der Waals surface area (Å²) in [6.45, 7) is 0.574. The molecule has 21 heavy (non-hydrogen) atoms. The van der Waals surface area contributed by atoms with Crippen molar-refractivity contribution < 1.29 is 0 Å². The van der Waals surface area contributed by atoms with Crippen LogP contribution in [0.5, 0.6) is 0 Å². The van der Waals surface area contributed by atoms with Crippen LogP contribution >= 0.6 is 39.1 Å². The van der Waals surface area contributed by atoms with Gasteiger partial charge >= 0.3 is 0 Å². The van der Waals surface area contributed by atoms with Crippen molar-refractivity contribution in [1.82, 2.24) is 0 Å². The van der Waals surface area contributed by atoms with Crippen molar-refractivity contribution in [1.29, 1.82) is 0 Å². The van der Waals surface area contributed by atoms with Gasteiger partial charge in [0.05, 0.1) is 12.6 Å². The summed E-state index contributed by atoms with van der Waals surface area (Å²) in [7, 11) is 0. The van der Waals surface area contributed by atoms with E-state index in [4.69, 9.17) is 28.9 Å². The van der Waals surface area contributed by atoms with Gasteiger partial charge in [-0.3, -0.25) is 4.99 Å². The molecule has 0 amide bonds. The van der Waals surface area contributed by atoms with Crippen LogP contribution in [0.2, 0.25) is 10.0 Å². The molecule has 0 fully saturated rings. The highest BCUT2D eigenvalue weighted by Gasteiger charge is 2.30. The van der Waals surface area contributed by atoms with Gasteiger partial charge in [0.15, 0.2) is 5.96 Å². The number of benzene rings is 2. The summed E-state index contributed by atoms with van der Waals surface area (Å²) in [5.41, 5.74) is 7.99. The van der Waals surface area contributed by atoms with E-state index in [1.54, 1.807) is 0 Å². The Balaban J connectivity index is 2.02.